The molecule has 2 heterocycles. The Bertz CT molecular complexity index is 2360. The second kappa shape index (κ2) is 13.5. The predicted octanol–water partition coefficient (Wildman–Crippen LogP) is 7.95. The molecule has 0 unspecified atom stereocenters. The largest absolute Gasteiger partial charge is 0.505 e. The standard InChI is InChI=1S/C43H35ClF2N2O7/c1-43-31(40(51)48(42(43)53)25-13-17-33(45)32(44)20-25)21-30-27(37(43)29-5-4-6-34(46)38(29)49)15-16-28-36(30)41(52)47(39(28)50)24-11-8-22(9-12-24)7-10-23-19-26(54-2)14-18-35(23)55-3/h4-15,17-20,28,30-31,36-37,49H,16,21H2,1-3H3/t28-,30+,31-,36-,37+,43+/m0/s1. The third-order valence-electron chi connectivity index (χ3n) is 11.8. The van der Waals surface area contributed by atoms with Gasteiger partial charge in [0.15, 0.2) is 11.6 Å². The molecule has 4 aliphatic rings. The van der Waals surface area contributed by atoms with E-state index >= 15 is 4.39 Å². The molecule has 4 aromatic rings. The number of phenolic OH excluding ortho intramolecular Hbond substituents is 1. The Balaban J connectivity index is 1.14. The number of hydrogen-bond donors (Lipinski definition) is 1. The van der Waals surface area contributed by atoms with Crippen LogP contribution in [0.1, 0.15) is 42.4 Å². The second-order valence-corrected chi connectivity index (χ2v) is 14.9. The number of nitrogens with zero attached hydrogens (tertiary/aromatic N) is 2. The Morgan fingerprint density at radius 2 is 1.56 bits per heavy atom. The summed E-state index contributed by atoms with van der Waals surface area (Å²) in [5.41, 5.74) is 1.17. The molecule has 1 N–H and O–H groups in total. The highest BCUT2D eigenvalue weighted by atomic mass is 35.5. The molecule has 0 radical (unpaired) electrons. The summed E-state index contributed by atoms with van der Waals surface area (Å²) in [7, 11) is 3.16. The number of methoxy groups -OCH3 is 2. The molecule has 8 rings (SSSR count). The van der Waals surface area contributed by atoms with Crippen LogP contribution in [0.15, 0.2) is 90.5 Å². The van der Waals surface area contributed by atoms with Gasteiger partial charge in [-0.1, -0.05) is 59.7 Å². The monoisotopic (exact) mass is 764 g/mol. The first kappa shape index (κ1) is 36.2. The van der Waals surface area contributed by atoms with Crippen LogP contribution in [0.5, 0.6) is 17.2 Å². The fraction of sp³-hybridized carbons (Fsp3) is 0.256. The highest BCUT2D eigenvalue weighted by Crippen LogP contribution is 2.64. The smallest absolute Gasteiger partial charge is 0.241 e. The average Bonchev–Trinajstić information content (AvgIpc) is 3.55. The van der Waals surface area contributed by atoms with E-state index in [-0.39, 0.29) is 35.0 Å². The van der Waals surface area contributed by atoms with Crippen molar-refractivity contribution in [3.8, 4) is 17.2 Å². The van der Waals surface area contributed by atoms with Crippen LogP contribution in [-0.4, -0.2) is 43.0 Å². The molecule has 0 spiro atoms. The number of carbonyl (C=O) groups excluding carboxylic acids is 4. The summed E-state index contributed by atoms with van der Waals surface area (Å²) < 4.78 is 40.0. The summed E-state index contributed by atoms with van der Waals surface area (Å²) in [5, 5.41) is 10.8. The maximum absolute atomic E-state index is 15.0. The van der Waals surface area contributed by atoms with E-state index in [4.69, 9.17) is 21.1 Å². The highest BCUT2D eigenvalue weighted by molar-refractivity contribution is 6.32. The molecule has 1 saturated carbocycles. The summed E-state index contributed by atoms with van der Waals surface area (Å²) in [6.45, 7) is 1.61. The summed E-state index contributed by atoms with van der Waals surface area (Å²) in [6, 6.07) is 20.0. The number of rotatable bonds is 7. The number of benzene rings is 4. The normalized spacial score (nSPS) is 25.9. The van der Waals surface area contributed by atoms with E-state index in [0.717, 1.165) is 28.2 Å². The van der Waals surface area contributed by atoms with Crippen LogP contribution in [0, 0.1) is 40.7 Å². The lowest BCUT2D eigenvalue weighted by Crippen LogP contribution is -2.49. The minimum Gasteiger partial charge on any atom is -0.505 e. The molecular weight excluding hydrogens is 730 g/mol. The van der Waals surface area contributed by atoms with Crippen molar-refractivity contribution in [1.29, 1.82) is 0 Å². The van der Waals surface area contributed by atoms with Gasteiger partial charge in [0.25, 0.3) is 0 Å². The Hall–Kier alpha value is -5.81. The molecule has 2 saturated heterocycles. The van der Waals surface area contributed by atoms with E-state index in [1.54, 1.807) is 57.5 Å². The van der Waals surface area contributed by atoms with Gasteiger partial charge in [-0.05, 0) is 85.8 Å². The molecule has 3 fully saturated rings. The highest BCUT2D eigenvalue weighted by Gasteiger charge is 2.68. The maximum Gasteiger partial charge on any atom is 0.241 e. The van der Waals surface area contributed by atoms with Crippen LogP contribution < -0.4 is 19.3 Å². The van der Waals surface area contributed by atoms with Crippen LogP contribution in [-0.2, 0) is 19.2 Å². The van der Waals surface area contributed by atoms with Gasteiger partial charge < -0.3 is 14.6 Å². The number of phenols is 1. The summed E-state index contributed by atoms with van der Waals surface area (Å²) in [4.78, 5) is 59.6. The molecule has 0 bridgehead atoms. The number of amides is 4. The Kier molecular flexibility index (Phi) is 8.87. The SMILES string of the molecule is COc1ccc(OC)c(C=Cc2ccc(N3C(=O)[C@H]4[C@H](CC=C5[C@H]4C[C@H]4C(=O)N(c6ccc(F)c(Cl)c6)C(=O)[C@@]4(C)[C@H]5c4cccc(F)c4O)C3=O)cc2)c1. The minimum atomic E-state index is -1.54. The zero-order valence-electron chi connectivity index (χ0n) is 30.0. The first-order valence-corrected chi connectivity index (χ1v) is 18.2. The van der Waals surface area contributed by atoms with Crippen molar-refractivity contribution in [2.24, 2.45) is 29.1 Å². The second-order valence-electron chi connectivity index (χ2n) is 14.5. The Labute approximate surface area is 320 Å². The van der Waals surface area contributed by atoms with Crippen molar-refractivity contribution in [2.75, 3.05) is 24.0 Å². The van der Waals surface area contributed by atoms with Crippen LogP contribution in [0.25, 0.3) is 12.2 Å². The first-order valence-electron chi connectivity index (χ1n) is 17.8. The number of aromatic hydroxyl groups is 1. The van der Waals surface area contributed by atoms with Gasteiger partial charge in [0.2, 0.25) is 23.6 Å². The van der Waals surface area contributed by atoms with Crippen molar-refractivity contribution < 1.29 is 42.5 Å². The summed E-state index contributed by atoms with van der Waals surface area (Å²) >= 11 is 6.07. The number of hydrogen-bond acceptors (Lipinski definition) is 7. The van der Waals surface area contributed by atoms with Gasteiger partial charge in [-0.25, -0.2) is 13.7 Å². The molecule has 55 heavy (non-hydrogen) atoms. The van der Waals surface area contributed by atoms with Crippen molar-refractivity contribution in [1.82, 2.24) is 0 Å². The van der Waals surface area contributed by atoms with E-state index in [0.29, 0.717) is 22.8 Å². The maximum atomic E-state index is 15.0. The lowest BCUT2D eigenvalue weighted by atomic mass is 9.51. The van der Waals surface area contributed by atoms with E-state index < -0.39 is 70.1 Å². The molecule has 4 amide bonds. The van der Waals surface area contributed by atoms with E-state index in [1.807, 2.05) is 24.3 Å². The van der Waals surface area contributed by atoms with Crippen molar-refractivity contribution in [3.05, 3.63) is 124 Å². The van der Waals surface area contributed by atoms with Crippen molar-refractivity contribution >= 4 is 58.8 Å². The number of anilines is 2. The Morgan fingerprint density at radius 3 is 2.27 bits per heavy atom. The number of imide groups is 2. The lowest BCUT2D eigenvalue weighted by Gasteiger charge is -2.49. The predicted molar refractivity (Wildman–Crippen MR) is 202 cm³/mol. The van der Waals surface area contributed by atoms with Gasteiger partial charge in [0.1, 0.15) is 17.3 Å². The fourth-order valence-electron chi connectivity index (χ4n) is 9.14. The Morgan fingerprint density at radius 1 is 0.818 bits per heavy atom. The molecule has 2 aliphatic carbocycles. The van der Waals surface area contributed by atoms with Gasteiger partial charge in [0.05, 0.1) is 53.8 Å². The number of ether oxygens (including phenoxy) is 2. The molecular formula is C43H35ClF2N2O7. The number of para-hydroxylation sites is 1. The summed E-state index contributed by atoms with van der Waals surface area (Å²) in [5.74, 6) is -7.43. The van der Waals surface area contributed by atoms with Crippen LogP contribution in [0.4, 0.5) is 20.2 Å². The van der Waals surface area contributed by atoms with Gasteiger partial charge in [0, 0.05) is 17.0 Å². The fourth-order valence-corrected chi connectivity index (χ4v) is 9.31. The van der Waals surface area contributed by atoms with Gasteiger partial charge in [-0.3, -0.25) is 24.1 Å². The van der Waals surface area contributed by atoms with Gasteiger partial charge in [-0.15, -0.1) is 0 Å². The quantitative estimate of drug-likeness (QED) is 0.116. The average molecular weight is 765 g/mol. The van der Waals surface area contributed by atoms with Crippen LogP contribution in [0.3, 0.4) is 0 Å². The molecule has 6 atom stereocenters. The van der Waals surface area contributed by atoms with Gasteiger partial charge >= 0.3 is 0 Å². The third-order valence-corrected chi connectivity index (χ3v) is 12.1. The molecule has 9 nitrogen and oxygen atoms in total. The van der Waals surface area contributed by atoms with E-state index in [1.165, 1.54) is 29.2 Å². The number of fused-ring (bicyclic) bond motifs is 4. The molecule has 0 aromatic heterocycles. The molecule has 280 valence electrons. The lowest BCUT2D eigenvalue weighted by molar-refractivity contribution is -0.131. The first-order chi connectivity index (χ1) is 26.4. The number of halogens is 3. The zero-order chi connectivity index (χ0) is 38.9. The third kappa shape index (κ3) is 5.54. The minimum absolute atomic E-state index is 0.0381. The molecule has 12 heteroatoms. The van der Waals surface area contributed by atoms with E-state index in [9.17, 15) is 28.7 Å². The zero-order valence-corrected chi connectivity index (χ0v) is 30.7. The van der Waals surface area contributed by atoms with E-state index in [2.05, 4.69) is 0 Å². The van der Waals surface area contributed by atoms with Crippen molar-refractivity contribution in [3.63, 3.8) is 0 Å². The van der Waals surface area contributed by atoms with Crippen LogP contribution >= 0.6 is 11.6 Å². The molecule has 2 aliphatic heterocycles. The summed E-state index contributed by atoms with van der Waals surface area (Å²) in [6.07, 6.45) is 5.75. The van der Waals surface area contributed by atoms with Crippen molar-refractivity contribution in [2.45, 2.75) is 25.7 Å². The number of allylic oxidation sites excluding steroid dienone is 2. The number of carbonyl (C=O) groups is 4. The van der Waals surface area contributed by atoms with Crippen LogP contribution in [0.2, 0.25) is 5.02 Å². The van der Waals surface area contributed by atoms with Gasteiger partial charge in [-0.2, -0.15) is 0 Å². The molecule has 4 aromatic carbocycles. The topological polar surface area (TPSA) is 113 Å².